The fourth-order valence-electron chi connectivity index (χ4n) is 1.27. The summed E-state index contributed by atoms with van der Waals surface area (Å²) in [6.45, 7) is 1.96. The van der Waals surface area contributed by atoms with E-state index in [-0.39, 0.29) is 11.9 Å². The molecule has 0 aliphatic carbocycles. The van der Waals surface area contributed by atoms with E-state index in [9.17, 15) is 4.79 Å². The van der Waals surface area contributed by atoms with Gasteiger partial charge in [0.2, 0.25) is 0 Å². The Labute approximate surface area is 105 Å². The van der Waals surface area contributed by atoms with E-state index in [1.54, 1.807) is 0 Å². The number of anilines is 1. The van der Waals surface area contributed by atoms with Crippen LogP contribution >= 0.6 is 15.9 Å². The minimum Gasteiger partial charge on any atom is -0.378 e. The minimum absolute atomic E-state index is 0.0318. The normalized spacial score (nSPS) is 12.0. The zero-order valence-electron chi connectivity index (χ0n) is 9.83. The first-order valence-corrected chi connectivity index (χ1v) is 6.31. The molecule has 0 spiro atoms. The first-order chi connectivity index (χ1) is 7.54. The van der Waals surface area contributed by atoms with E-state index in [2.05, 4.69) is 21.2 Å². The van der Waals surface area contributed by atoms with Crippen molar-refractivity contribution >= 4 is 27.5 Å². The Kier molecular flexibility index (Phi) is 4.80. The van der Waals surface area contributed by atoms with Gasteiger partial charge in [-0.15, -0.1) is 0 Å². The summed E-state index contributed by atoms with van der Waals surface area (Å²) in [6.07, 6.45) is 0. The van der Waals surface area contributed by atoms with Crippen LogP contribution in [-0.4, -0.2) is 31.4 Å². The summed E-state index contributed by atoms with van der Waals surface area (Å²) in [6, 6.07) is 7.71. The number of halogens is 1. The molecule has 0 saturated heterocycles. The summed E-state index contributed by atoms with van der Waals surface area (Å²) in [7, 11) is 3.91. The second kappa shape index (κ2) is 5.89. The Morgan fingerprint density at radius 3 is 2.75 bits per heavy atom. The van der Waals surface area contributed by atoms with Crippen molar-refractivity contribution in [3.8, 4) is 0 Å². The maximum absolute atomic E-state index is 11.8. The first-order valence-electron chi connectivity index (χ1n) is 5.19. The molecule has 1 unspecified atom stereocenters. The summed E-state index contributed by atoms with van der Waals surface area (Å²) in [5.74, 6) is -0.0318. The molecule has 0 heterocycles. The Morgan fingerprint density at radius 2 is 2.19 bits per heavy atom. The van der Waals surface area contributed by atoms with Crippen LogP contribution in [0.2, 0.25) is 0 Å². The van der Waals surface area contributed by atoms with Crippen LogP contribution in [0.25, 0.3) is 0 Å². The predicted octanol–water partition coefficient (Wildman–Crippen LogP) is 2.27. The van der Waals surface area contributed by atoms with Gasteiger partial charge in [-0.1, -0.05) is 22.0 Å². The fraction of sp³-hybridized carbons (Fsp3) is 0.417. The smallest absolute Gasteiger partial charge is 0.251 e. The maximum atomic E-state index is 11.8. The van der Waals surface area contributed by atoms with Gasteiger partial charge in [-0.25, -0.2) is 0 Å². The van der Waals surface area contributed by atoms with Crippen molar-refractivity contribution < 1.29 is 4.79 Å². The first kappa shape index (κ1) is 13.0. The van der Waals surface area contributed by atoms with E-state index >= 15 is 0 Å². The number of hydrogen-bond donors (Lipinski definition) is 1. The lowest BCUT2D eigenvalue weighted by Gasteiger charge is -2.15. The number of amides is 1. The molecule has 0 bridgehead atoms. The predicted molar refractivity (Wildman–Crippen MR) is 71.5 cm³/mol. The molecule has 1 aromatic rings. The molecule has 0 aromatic heterocycles. The number of rotatable bonds is 4. The Bertz CT molecular complexity index is 366. The standard InChI is InChI=1S/C12H17BrN2O/c1-9(8-13)14-12(16)10-5-4-6-11(7-10)15(2)3/h4-7,9H,8H2,1-3H3,(H,14,16). The molecule has 0 fully saturated rings. The molecule has 1 atom stereocenters. The van der Waals surface area contributed by atoms with E-state index < -0.39 is 0 Å². The molecule has 16 heavy (non-hydrogen) atoms. The highest BCUT2D eigenvalue weighted by Gasteiger charge is 2.09. The fourth-order valence-corrected chi connectivity index (χ4v) is 1.43. The summed E-state index contributed by atoms with van der Waals surface area (Å²) in [5, 5.41) is 3.66. The molecule has 0 aliphatic rings. The molecule has 4 heteroatoms. The number of carbonyl (C=O) groups excluding carboxylic acids is 1. The van der Waals surface area contributed by atoms with Crippen LogP contribution in [0.4, 0.5) is 5.69 Å². The zero-order valence-corrected chi connectivity index (χ0v) is 11.4. The van der Waals surface area contributed by atoms with Gasteiger partial charge in [0.15, 0.2) is 0 Å². The quantitative estimate of drug-likeness (QED) is 0.861. The van der Waals surface area contributed by atoms with Gasteiger partial charge in [-0.3, -0.25) is 4.79 Å². The molecule has 1 aromatic carbocycles. The average Bonchev–Trinajstić information content (AvgIpc) is 2.28. The van der Waals surface area contributed by atoms with Crippen LogP contribution in [0.15, 0.2) is 24.3 Å². The molecule has 0 saturated carbocycles. The van der Waals surface area contributed by atoms with Gasteiger partial charge >= 0.3 is 0 Å². The zero-order chi connectivity index (χ0) is 12.1. The number of nitrogens with one attached hydrogen (secondary N) is 1. The number of nitrogens with zero attached hydrogens (tertiary/aromatic N) is 1. The van der Waals surface area contributed by atoms with Crippen molar-refractivity contribution in [3.05, 3.63) is 29.8 Å². The van der Waals surface area contributed by atoms with Crippen LogP contribution in [0, 0.1) is 0 Å². The van der Waals surface area contributed by atoms with Crippen LogP contribution in [0.1, 0.15) is 17.3 Å². The van der Waals surface area contributed by atoms with E-state index in [0.717, 1.165) is 11.0 Å². The van der Waals surface area contributed by atoms with Gasteiger partial charge in [0.25, 0.3) is 5.91 Å². The third-order valence-electron chi connectivity index (χ3n) is 2.23. The van der Waals surface area contributed by atoms with Crippen LogP contribution in [0.3, 0.4) is 0 Å². The molecule has 0 aliphatic heterocycles. The molecular weight excluding hydrogens is 268 g/mol. The van der Waals surface area contributed by atoms with Gasteiger partial charge in [0.1, 0.15) is 0 Å². The SMILES string of the molecule is CC(CBr)NC(=O)c1cccc(N(C)C)c1. The Hall–Kier alpha value is -1.03. The van der Waals surface area contributed by atoms with Crippen molar-refractivity contribution in [1.82, 2.24) is 5.32 Å². The summed E-state index contributed by atoms with van der Waals surface area (Å²) in [5.41, 5.74) is 1.72. The minimum atomic E-state index is -0.0318. The maximum Gasteiger partial charge on any atom is 0.251 e. The monoisotopic (exact) mass is 284 g/mol. The lowest BCUT2D eigenvalue weighted by Crippen LogP contribution is -2.33. The number of carbonyl (C=O) groups is 1. The lowest BCUT2D eigenvalue weighted by molar-refractivity contribution is 0.0944. The van der Waals surface area contributed by atoms with Gasteiger partial charge in [-0.05, 0) is 25.1 Å². The molecule has 1 amide bonds. The van der Waals surface area contributed by atoms with Crippen molar-refractivity contribution in [2.24, 2.45) is 0 Å². The van der Waals surface area contributed by atoms with Crippen molar-refractivity contribution in [2.45, 2.75) is 13.0 Å². The van der Waals surface area contributed by atoms with Crippen molar-refractivity contribution in [1.29, 1.82) is 0 Å². The second-order valence-corrected chi connectivity index (χ2v) is 4.62. The van der Waals surface area contributed by atoms with Gasteiger partial charge in [0, 0.05) is 36.7 Å². The molecule has 1 N–H and O–H groups in total. The third-order valence-corrected chi connectivity index (χ3v) is 3.20. The largest absolute Gasteiger partial charge is 0.378 e. The molecule has 3 nitrogen and oxygen atoms in total. The van der Waals surface area contributed by atoms with Crippen molar-refractivity contribution in [2.75, 3.05) is 24.3 Å². The lowest BCUT2D eigenvalue weighted by atomic mass is 10.1. The molecule has 1 rings (SSSR count). The summed E-state index contributed by atoms with van der Waals surface area (Å²) >= 11 is 3.33. The number of hydrogen-bond acceptors (Lipinski definition) is 2. The summed E-state index contributed by atoms with van der Waals surface area (Å²) in [4.78, 5) is 13.8. The highest BCUT2D eigenvalue weighted by Crippen LogP contribution is 2.13. The van der Waals surface area contributed by atoms with Gasteiger partial charge < -0.3 is 10.2 Å². The highest BCUT2D eigenvalue weighted by atomic mass is 79.9. The average molecular weight is 285 g/mol. The van der Waals surface area contributed by atoms with Crippen LogP contribution in [0.5, 0.6) is 0 Å². The van der Waals surface area contributed by atoms with E-state index in [0.29, 0.717) is 5.56 Å². The number of benzene rings is 1. The second-order valence-electron chi connectivity index (χ2n) is 3.97. The Morgan fingerprint density at radius 1 is 1.50 bits per heavy atom. The van der Waals surface area contributed by atoms with E-state index in [1.165, 1.54) is 0 Å². The third kappa shape index (κ3) is 3.52. The number of alkyl halides is 1. The van der Waals surface area contributed by atoms with Crippen LogP contribution < -0.4 is 10.2 Å². The van der Waals surface area contributed by atoms with E-state index in [1.807, 2.05) is 50.2 Å². The molecular formula is C12H17BrN2O. The topological polar surface area (TPSA) is 32.3 Å². The highest BCUT2D eigenvalue weighted by molar-refractivity contribution is 9.09. The molecule has 88 valence electrons. The Balaban J connectivity index is 2.79. The van der Waals surface area contributed by atoms with Crippen LogP contribution in [-0.2, 0) is 0 Å². The molecule has 0 radical (unpaired) electrons. The van der Waals surface area contributed by atoms with Gasteiger partial charge in [0.05, 0.1) is 0 Å². The van der Waals surface area contributed by atoms with Crippen molar-refractivity contribution in [3.63, 3.8) is 0 Å². The van der Waals surface area contributed by atoms with Gasteiger partial charge in [-0.2, -0.15) is 0 Å². The van der Waals surface area contributed by atoms with E-state index in [4.69, 9.17) is 0 Å². The summed E-state index contributed by atoms with van der Waals surface area (Å²) < 4.78 is 0.